The monoisotopic (exact) mass is 264 g/mol. The summed E-state index contributed by atoms with van der Waals surface area (Å²) in [5.41, 5.74) is 6.85. The van der Waals surface area contributed by atoms with Gasteiger partial charge in [0, 0.05) is 25.3 Å². The quantitative estimate of drug-likeness (QED) is 0.802. The number of methoxy groups -OCH3 is 1. The van der Waals surface area contributed by atoms with Crippen LogP contribution in [0.15, 0.2) is 18.2 Å². The number of nitrogen functional groups attached to an aromatic ring is 1. The Bertz CT molecular complexity index is 462. The Morgan fingerprint density at radius 3 is 3.00 bits per heavy atom. The fraction of sp³-hybridized carbons (Fsp3) is 0.500. The van der Waals surface area contributed by atoms with Gasteiger partial charge in [0.2, 0.25) is 0 Å². The second kappa shape index (κ2) is 5.93. The lowest BCUT2D eigenvalue weighted by molar-refractivity contribution is 0.0621. The number of aliphatic hydroxyl groups is 1. The zero-order valence-electron chi connectivity index (χ0n) is 11.1. The van der Waals surface area contributed by atoms with Gasteiger partial charge < -0.3 is 20.5 Å². The predicted octanol–water partition coefficient (Wildman–Crippen LogP) is 1.12. The van der Waals surface area contributed by atoms with Crippen LogP contribution in [0.1, 0.15) is 23.2 Å². The summed E-state index contributed by atoms with van der Waals surface area (Å²) >= 11 is 0. The fourth-order valence-corrected chi connectivity index (χ4v) is 2.45. The Balaban J connectivity index is 2.12. The molecule has 5 nitrogen and oxygen atoms in total. The molecular formula is C14H20N2O3. The number of likely N-dealkylation sites (tertiary alicyclic amines) is 1. The number of benzene rings is 1. The Hall–Kier alpha value is -1.75. The van der Waals surface area contributed by atoms with Crippen LogP contribution in [0.2, 0.25) is 0 Å². The standard InChI is InChI=1S/C14H20N2O3/c1-19-13-5-4-11(7-12(13)15)14(18)16-6-2-3-10(8-16)9-17/h4-5,7,10,17H,2-3,6,8-9,15H2,1H3. The molecule has 2 rings (SSSR count). The van der Waals surface area contributed by atoms with Crippen molar-refractivity contribution in [2.45, 2.75) is 12.8 Å². The highest BCUT2D eigenvalue weighted by Gasteiger charge is 2.24. The van der Waals surface area contributed by atoms with Crippen molar-refractivity contribution in [3.8, 4) is 5.75 Å². The molecule has 0 spiro atoms. The highest BCUT2D eigenvalue weighted by molar-refractivity contribution is 5.95. The van der Waals surface area contributed by atoms with Crippen molar-refractivity contribution in [2.24, 2.45) is 5.92 Å². The molecule has 1 heterocycles. The average molecular weight is 264 g/mol. The number of nitrogens with two attached hydrogens (primary N) is 1. The molecule has 0 radical (unpaired) electrons. The number of amides is 1. The van der Waals surface area contributed by atoms with Crippen molar-refractivity contribution >= 4 is 11.6 Å². The Labute approximate surface area is 113 Å². The van der Waals surface area contributed by atoms with E-state index < -0.39 is 0 Å². The van der Waals surface area contributed by atoms with E-state index in [1.807, 2.05) is 0 Å². The largest absolute Gasteiger partial charge is 0.495 e. The van der Waals surface area contributed by atoms with Crippen LogP contribution in [-0.4, -0.2) is 42.7 Å². The predicted molar refractivity (Wildman–Crippen MR) is 73.1 cm³/mol. The van der Waals surface area contributed by atoms with Crippen molar-refractivity contribution in [3.63, 3.8) is 0 Å². The number of nitrogens with zero attached hydrogens (tertiary/aromatic N) is 1. The smallest absolute Gasteiger partial charge is 0.253 e. The summed E-state index contributed by atoms with van der Waals surface area (Å²) in [5, 5.41) is 9.20. The van der Waals surface area contributed by atoms with Gasteiger partial charge in [-0.3, -0.25) is 4.79 Å². The topological polar surface area (TPSA) is 75.8 Å². The van der Waals surface area contributed by atoms with Gasteiger partial charge in [0.05, 0.1) is 12.8 Å². The summed E-state index contributed by atoms with van der Waals surface area (Å²) in [6.45, 7) is 1.48. The minimum atomic E-state index is -0.0347. The molecule has 0 aliphatic carbocycles. The zero-order chi connectivity index (χ0) is 13.8. The van der Waals surface area contributed by atoms with E-state index in [2.05, 4.69) is 0 Å². The number of rotatable bonds is 3. The highest BCUT2D eigenvalue weighted by Crippen LogP contribution is 2.24. The van der Waals surface area contributed by atoms with Crippen molar-refractivity contribution in [1.82, 2.24) is 4.90 Å². The molecule has 3 N–H and O–H groups in total. The van der Waals surface area contributed by atoms with Crippen molar-refractivity contribution < 1.29 is 14.6 Å². The molecule has 1 aromatic rings. The van der Waals surface area contributed by atoms with Crippen LogP contribution < -0.4 is 10.5 Å². The molecule has 0 aromatic heterocycles. The molecule has 1 amide bonds. The van der Waals surface area contributed by atoms with Crippen LogP contribution in [0.25, 0.3) is 0 Å². The van der Waals surface area contributed by atoms with Crippen LogP contribution in [-0.2, 0) is 0 Å². The van der Waals surface area contributed by atoms with Gasteiger partial charge in [-0.15, -0.1) is 0 Å². The van der Waals surface area contributed by atoms with E-state index in [-0.39, 0.29) is 18.4 Å². The van der Waals surface area contributed by atoms with Crippen LogP contribution in [0.4, 0.5) is 5.69 Å². The lowest BCUT2D eigenvalue weighted by atomic mass is 9.98. The number of ether oxygens (including phenoxy) is 1. The summed E-state index contributed by atoms with van der Waals surface area (Å²) in [6, 6.07) is 5.07. The maximum absolute atomic E-state index is 12.4. The first-order valence-corrected chi connectivity index (χ1v) is 6.49. The summed E-state index contributed by atoms with van der Waals surface area (Å²) in [4.78, 5) is 14.1. The van der Waals surface area contributed by atoms with Gasteiger partial charge in [-0.1, -0.05) is 0 Å². The molecule has 19 heavy (non-hydrogen) atoms. The second-order valence-corrected chi connectivity index (χ2v) is 4.90. The molecule has 0 saturated carbocycles. The number of piperidine rings is 1. The van der Waals surface area contributed by atoms with Gasteiger partial charge in [0.15, 0.2) is 0 Å². The van der Waals surface area contributed by atoms with Crippen LogP contribution in [0, 0.1) is 5.92 Å². The SMILES string of the molecule is COc1ccc(C(=O)N2CCCC(CO)C2)cc1N. The normalized spacial score (nSPS) is 19.3. The van der Waals surface area contributed by atoms with E-state index in [4.69, 9.17) is 10.5 Å². The van der Waals surface area contributed by atoms with Gasteiger partial charge in [-0.2, -0.15) is 0 Å². The first kappa shape index (κ1) is 13.7. The van der Waals surface area contributed by atoms with Crippen molar-refractivity contribution in [3.05, 3.63) is 23.8 Å². The molecule has 0 bridgehead atoms. The molecule has 1 fully saturated rings. The number of hydrogen-bond donors (Lipinski definition) is 2. The lowest BCUT2D eigenvalue weighted by Crippen LogP contribution is -2.40. The Kier molecular flexibility index (Phi) is 4.27. The molecule has 5 heteroatoms. The maximum atomic E-state index is 12.4. The number of hydrogen-bond acceptors (Lipinski definition) is 4. The van der Waals surface area contributed by atoms with Crippen LogP contribution in [0.3, 0.4) is 0 Å². The minimum absolute atomic E-state index is 0.0347. The molecular weight excluding hydrogens is 244 g/mol. The van der Waals surface area contributed by atoms with Gasteiger partial charge in [-0.25, -0.2) is 0 Å². The van der Waals surface area contributed by atoms with E-state index >= 15 is 0 Å². The minimum Gasteiger partial charge on any atom is -0.495 e. The van der Waals surface area contributed by atoms with Gasteiger partial charge in [0.25, 0.3) is 5.91 Å². The van der Waals surface area contributed by atoms with E-state index in [0.717, 1.165) is 19.4 Å². The van der Waals surface area contributed by atoms with E-state index in [1.165, 1.54) is 0 Å². The third-order valence-corrected chi connectivity index (χ3v) is 3.54. The lowest BCUT2D eigenvalue weighted by Gasteiger charge is -2.32. The molecule has 1 atom stereocenters. The molecule has 1 saturated heterocycles. The van der Waals surface area contributed by atoms with Crippen LogP contribution in [0.5, 0.6) is 5.75 Å². The third kappa shape index (κ3) is 2.98. The van der Waals surface area contributed by atoms with Gasteiger partial charge in [0.1, 0.15) is 5.75 Å². The molecule has 1 unspecified atom stereocenters. The Morgan fingerprint density at radius 2 is 2.37 bits per heavy atom. The van der Waals surface area contributed by atoms with E-state index in [0.29, 0.717) is 23.5 Å². The summed E-state index contributed by atoms with van der Waals surface area (Å²) in [7, 11) is 1.55. The van der Waals surface area contributed by atoms with E-state index in [1.54, 1.807) is 30.2 Å². The molecule has 1 aromatic carbocycles. The molecule has 1 aliphatic heterocycles. The molecule has 104 valence electrons. The first-order valence-electron chi connectivity index (χ1n) is 6.49. The van der Waals surface area contributed by atoms with Crippen molar-refractivity contribution in [1.29, 1.82) is 0 Å². The van der Waals surface area contributed by atoms with Crippen LogP contribution >= 0.6 is 0 Å². The third-order valence-electron chi connectivity index (χ3n) is 3.54. The summed E-state index contributed by atoms with van der Waals surface area (Å²) in [5.74, 6) is 0.726. The Morgan fingerprint density at radius 1 is 1.58 bits per heavy atom. The van der Waals surface area contributed by atoms with Gasteiger partial charge in [-0.05, 0) is 37.0 Å². The van der Waals surface area contributed by atoms with Gasteiger partial charge >= 0.3 is 0 Å². The second-order valence-electron chi connectivity index (χ2n) is 4.90. The van der Waals surface area contributed by atoms with E-state index in [9.17, 15) is 9.90 Å². The number of carbonyl (C=O) groups excluding carboxylic acids is 1. The summed E-state index contributed by atoms with van der Waals surface area (Å²) < 4.78 is 5.08. The average Bonchev–Trinajstić information content (AvgIpc) is 2.46. The number of carbonyl (C=O) groups is 1. The number of aliphatic hydroxyl groups excluding tert-OH is 1. The van der Waals surface area contributed by atoms with Crippen molar-refractivity contribution in [2.75, 3.05) is 32.5 Å². The first-order chi connectivity index (χ1) is 9.15. The maximum Gasteiger partial charge on any atom is 0.253 e. The zero-order valence-corrected chi connectivity index (χ0v) is 11.1. The molecule has 1 aliphatic rings. The fourth-order valence-electron chi connectivity index (χ4n) is 2.45. The summed E-state index contributed by atoms with van der Waals surface area (Å²) in [6.07, 6.45) is 1.91. The number of anilines is 1. The highest BCUT2D eigenvalue weighted by atomic mass is 16.5.